The van der Waals surface area contributed by atoms with E-state index in [1.807, 2.05) is 0 Å². The molecule has 1 N–H and O–H groups in total. The number of ether oxygens (including phenoxy) is 1. The van der Waals surface area contributed by atoms with Crippen LogP contribution in [0.2, 0.25) is 0 Å². The van der Waals surface area contributed by atoms with Crippen LogP contribution < -0.4 is 5.32 Å². The van der Waals surface area contributed by atoms with Gasteiger partial charge in [-0.3, -0.25) is 4.79 Å². The van der Waals surface area contributed by atoms with Crippen LogP contribution in [0.1, 0.15) is 15.9 Å². The van der Waals surface area contributed by atoms with Gasteiger partial charge >= 0.3 is 18.1 Å². The van der Waals surface area contributed by atoms with Crippen molar-refractivity contribution in [2.24, 2.45) is 0 Å². The number of carbonyl (C=O) groups is 2. The smallest absolute Gasteiger partial charge is 0.457 e. The van der Waals surface area contributed by atoms with Gasteiger partial charge in [-0.25, -0.2) is 4.79 Å². The fourth-order valence-electron chi connectivity index (χ4n) is 1.41. The Morgan fingerprint density at radius 3 is 2.71 bits per heavy atom. The molecular formula is C10H6F3NO3. The molecule has 0 radical (unpaired) electrons. The van der Waals surface area contributed by atoms with Crippen LogP contribution in [-0.2, 0) is 16.1 Å². The molecule has 0 unspecified atom stereocenters. The number of alkyl halides is 3. The molecule has 0 fully saturated rings. The standard InChI is InChI=1S/C10H6F3NO3/c11-10(12,13)9(16)14-6-1-2-7-5(3-6)4-17-8(7)15/h1-3H,4H2,(H,14,16). The molecule has 0 spiro atoms. The number of amides is 1. The van der Waals surface area contributed by atoms with Crippen LogP contribution in [0.25, 0.3) is 0 Å². The zero-order valence-corrected chi connectivity index (χ0v) is 8.30. The third-order valence-electron chi connectivity index (χ3n) is 2.20. The first kappa shape index (κ1) is 11.4. The van der Waals surface area contributed by atoms with E-state index in [1.54, 1.807) is 5.32 Å². The molecule has 0 atom stereocenters. The van der Waals surface area contributed by atoms with Crippen molar-refractivity contribution in [1.82, 2.24) is 0 Å². The van der Waals surface area contributed by atoms with Crippen molar-refractivity contribution in [2.75, 3.05) is 5.32 Å². The predicted molar refractivity (Wildman–Crippen MR) is 50.2 cm³/mol. The van der Waals surface area contributed by atoms with Gasteiger partial charge in [0, 0.05) is 11.3 Å². The average Bonchev–Trinajstić information content (AvgIpc) is 2.59. The van der Waals surface area contributed by atoms with Crippen LogP contribution in [0.15, 0.2) is 18.2 Å². The van der Waals surface area contributed by atoms with Gasteiger partial charge in [-0.15, -0.1) is 0 Å². The van der Waals surface area contributed by atoms with E-state index in [-0.39, 0.29) is 12.3 Å². The third kappa shape index (κ3) is 2.22. The number of anilines is 1. The minimum atomic E-state index is -4.94. The molecule has 17 heavy (non-hydrogen) atoms. The predicted octanol–water partition coefficient (Wildman–Crippen LogP) is 1.86. The van der Waals surface area contributed by atoms with E-state index in [4.69, 9.17) is 0 Å². The quantitative estimate of drug-likeness (QED) is 0.768. The van der Waals surface area contributed by atoms with Gasteiger partial charge in [-0.1, -0.05) is 0 Å². The topological polar surface area (TPSA) is 55.4 Å². The molecule has 0 aromatic heterocycles. The van der Waals surface area contributed by atoms with Crippen LogP contribution in [0.5, 0.6) is 0 Å². The Bertz CT molecular complexity index is 496. The molecular weight excluding hydrogens is 239 g/mol. The second-order valence-electron chi connectivity index (χ2n) is 3.40. The number of hydrogen-bond donors (Lipinski definition) is 1. The zero-order valence-electron chi connectivity index (χ0n) is 8.30. The highest BCUT2D eigenvalue weighted by Crippen LogP contribution is 2.24. The second kappa shape index (κ2) is 3.76. The number of halogens is 3. The summed E-state index contributed by atoms with van der Waals surface area (Å²) in [6.07, 6.45) is -4.94. The van der Waals surface area contributed by atoms with Gasteiger partial charge in [-0.2, -0.15) is 13.2 Å². The van der Waals surface area contributed by atoms with Gasteiger partial charge in [0.2, 0.25) is 0 Å². The number of nitrogens with one attached hydrogen (secondary N) is 1. The first-order valence-corrected chi connectivity index (χ1v) is 4.56. The van der Waals surface area contributed by atoms with Crippen molar-refractivity contribution < 1.29 is 27.5 Å². The highest BCUT2D eigenvalue weighted by molar-refractivity contribution is 5.97. The number of hydrogen-bond acceptors (Lipinski definition) is 3. The molecule has 0 bridgehead atoms. The minimum absolute atomic E-state index is 0.00386. The maximum atomic E-state index is 12.0. The lowest BCUT2D eigenvalue weighted by atomic mass is 10.1. The third-order valence-corrected chi connectivity index (χ3v) is 2.20. The Hall–Kier alpha value is -2.05. The number of esters is 1. The molecule has 1 heterocycles. The van der Waals surface area contributed by atoms with Crippen molar-refractivity contribution in [3.8, 4) is 0 Å². The van der Waals surface area contributed by atoms with E-state index in [9.17, 15) is 22.8 Å². The van der Waals surface area contributed by atoms with Crippen LogP contribution >= 0.6 is 0 Å². The number of cyclic esters (lactones) is 1. The zero-order chi connectivity index (χ0) is 12.6. The monoisotopic (exact) mass is 245 g/mol. The molecule has 2 rings (SSSR count). The van der Waals surface area contributed by atoms with E-state index in [2.05, 4.69) is 4.74 Å². The summed E-state index contributed by atoms with van der Waals surface area (Å²) >= 11 is 0. The summed E-state index contributed by atoms with van der Waals surface area (Å²) in [5.74, 6) is -2.57. The molecule has 1 aromatic carbocycles. The summed E-state index contributed by atoms with van der Waals surface area (Å²) < 4.78 is 40.6. The second-order valence-corrected chi connectivity index (χ2v) is 3.40. The van der Waals surface area contributed by atoms with Crippen LogP contribution in [-0.4, -0.2) is 18.1 Å². The highest BCUT2D eigenvalue weighted by Gasteiger charge is 2.38. The molecule has 0 saturated carbocycles. The molecule has 1 aliphatic rings. The largest absolute Gasteiger partial charge is 0.471 e. The van der Waals surface area contributed by atoms with Gasteiger partial charge in [0.25, 0.3) is 0 Å². The Kier molecular flexibility index (Phi) is 2.53. The fourth-order valence-corrected chi connectivity index (χ4v) is 1.41. The maximum Gasteiger partial charge on any atom is 0.471 e. The Morgan fingerprint density at radius 2 is 2.06 bits per heavy atom. The maximum absolute atomic E-state index is 12.0. The molecule has 1 aromatic rings. The Morgan fingerprint density at radius 1 is 1.35 bits per heavy atom. The van der Waals surface area contributed by atoms with Crippen molar-refractivity contribution in [2.45, 2.75) is 12.8 Å². The highest BCUT2D eigenvalue weighted by atomic mass is 19.4. The number of rotatable bonds is 1. The number of fused-ring (bicyclic) bond motifs is 1. The van der Waals surface area contributed by atoms with Crippen LogP contribution in [0.3, 0.4) is 0 Å². The molecule has 4 nitrogen and oxygen atoms in total. The normalized spacial score (nSPS) is 14.2. The SMILES string of the molecule is O=C1OCc2cc(NC(=O)C(F)(F)F)ccc21. The van der Waals surface area contributed by atoms with Crippen molar-refractivity contribution >= 4 is 17.6 Å². The number of benzene rings is 1. The Labute approximate surface area is 93.4 Å². The van der Waals surface area contributed by atoms with Gasteiger partial charge < -0.3 is 10.1 Å². The molecule has 1 amide bonds. The van der Waals surface area contributed by atoms with Crippen LogP contribution in [0.4, 0.5) is 18.9 Å². The summed E-state index contributed by atoms with van der Waals surface area (Å²) in [4.78, 5) is 21.7. The Balaban J connectivity index is 2.20. The van der Waals surface area contributed by atoms with Gasteiger partial charge in [-0.05, 0) is 18.2 Å². The summed E-state index contributed by atoms with van der Waals surface area (Å²) in [7, 11) is 0. The molecule has 0 aliphatic carbocycles. The van der Waals surface area contributed by atoms with E-state index >= 15 is 0 Å². The lowest BCUT2D eigenvalue weighted by Crippen LogP contribution is -2.29. The van der Waals surface area contributed by atoms with Gasteiger partial charge in [0.15, 0.2) is 0 Å². The van der Waals surface area contributed by atoms with E-state index < -0.39 is 18.1 Å². The minimum Gasteiger partial charge on any atom is -0.457 e. The van der Waals surface area contributed by atoms with Crippen molar-refractivity contribution in [3.63, 3.8) is 0 Å². The summed E-state index contributed by atoms with van der Waals surface area (Å²) in [6.45, 7) is 0.00386. The number of carbonyl (C=O) groups excluding carboxylic acids is 2. The molecule has 0 saturated heterocycles. The first-order chi connectivity index (χ1) is 7.88. The van der Waals surface area contributed by atoms with Crippen molar-refractivity contribution in [1.29, 1.82) is 0 Å². The van der Waals surface area contributed by atoms with E-state index in [0.29, 0.717) is 11.1 Å². The summed E-state index contributed by atoms with van der Waals surface area (Å²) in [6, 6.07) is 3.82. The average molecular weight is 245 g/mol. The summed E-state index contributed by atoms with van der Waals surface area (Å²) in [5, 5.41) is 1.70. The first-order valence-electron chi connectivity index (χ1n) is 4.56. The van der Waals surface area contributed by atoms with Gasteiger partial charge in [0.1, 0.15) is 6.61 Å². The summed E-state index contributed by atoms with van der Waals surface area (Å²) in [5.41, 5.74) is 0.731. The van der Waals surface area contributed by atoms with Crippen molar-refractivity contribution in [3.05, 3.63) is 29.3 Å². The molecule has 90 valence electrons. The van der Waals surface area contributed by atoms with Crippen LogP contribution in [0, 0.1) is 0 Å². The van der Waals surface area contributed by atoms with E-state index in [1.165, 1.54) is 18.2 Å². The van der Waals surface area contributed by atoms with E-state index in [0.717, 1.165) is 0 Å². The lowest BCUT2D eigenvalue weighted by Gasteiger charge is -2.08. The molecule has 7 heteroatoms. The lowest BCUT2D eigenvalue weighted by molar-refractivity contribution is -0.167. The molecule has 1 aliphatic heterocycles. The fraction of sp³-hybridized carbons (Fsp3) is 0.200. The van der Waals surface area contributed by atoms with Gasteiger partial charge in [0.05, 0.1) is 5.56 Å².